The number of carbonyl (C=O) groups excluding carboxylic acids is 1. The van der Waals surface area contributed by atoms with Crippen molar-refractivity contribution in [2.24, 2.45) is 0 Å². The molecule has 5 heteroatoms. The lowest BCUT2D eigenvalue weighted by atomic mass is 10.1. The number of morpholine rings is 1. The second kappa shape index (κ2) is 7.36. The molecule has 20 heavy (non-hydrogen) atoms. The Morgan fingerprint density at radius 2 is 2.40 bits per heavy atom. The van der Waals surface area contributed by atoms with Crippen LogP contribution >= 0.6 is 0 Å². The standard InChI is InChI=1S/C15H20FNO3/c1-19-15(18)14-11-17(8-9-20-14)7-3-5-12-4-2-6-13(16)10-12/h2,4,6,10,14H,3,5,7-9,11H2,1H3/t14-/m1/s1. The molecule has 110 valence electrons. The lowest BCUT2D eigenvalue weighted by molar-refractivity contribution is -0.159. The molecule has 1 heterocycles. The van der Waals surface area contributed by atoms with Crippen molar-refractivity contribution in [3.63, 3.8) is 0 Å². The third kappa shape index (κ3) is 4.28. The first kappa shape index (κ1) is 14.9. The summed E-state index contributed by atoms with van der Waals surface area (Å²) in [5.41, 5.74) is 1.00. The van der Waals surface area contributed by atoms with Gasteiger partial charge in [0.2, 0.25) is 0 Å². The smallest absolute Gasteiger partial charge is 0.336 e. The summed E-state index contributed by atoms with van der Waals surface area (Å²) in [6, 6.07) is 6.68. The molecule has 1 fully saturated rings. The van der Waals surface area contributed by atoms with Crippen molar-refractivity contribution < 1.29 is 18.7 Å². The molecule has 1 atom stereocenters. The Balaban J connectivity index is 1.75. The predicted molar refractivity (Wildman–Crippen MR) is 72.9 cm³/mol. The van der Waals surface area contributed by atoms with Gasteiger partial charge in [0, 0.05) is 13.1 Å². The summed E-state index contributed by atoms with van der Waals surface area (Å²) in [6.45, 7) is 2.79. The number of methoxy groups -OCH3 is 1. The van der Waals surface area contributed by atoms with Crippen LogP contribution in [0.3, 0.4) is 0 Å². The van der Waals surface area contributed by atoms with E-state index in [-0.39, 0.29) is 11.8 Å². The molecule has 0 bridgehead atoms. The molecule has 0 radical (unpaired) electrons. The van der Waals surface area contributed by atoms with Crippen molar-refractivity contribution in [2.75, 3.05) is 33.4 Å². The van der Waals surface area contributed by atoms with E-state index in [4.69, 9.17) is 9.47 Å². The Hall–Kier alpha value is -1.46. The van der Waals surface area contributed by atoms with E-state index in [1.54, 1.807) is 12.1 Å². The lowest BCUT2D eigenvalue weighted by Crippen LogP contribution is -2.46. The van der Waals surface area contributed by atoms with E-state index in [0.29, 0.717) is 13.2 Å². The Labute approximate surface area is 118 Å². The van der Waals surface area contributed by atoms with Gasteiger partial charge in [-0.25, -0.2) is 9.18 Å². The van der Waals surface area contributed by atoms with E-state index in [9.17, 15) is 9.18 Å². The zero-order valence-electron chi connectivity index (χ0n) is 11.7. The molecule has 0 unspecified atom stereocenters. The van der Waals surface area contributed by atoms with Crippen LogP contribution in [0.25, 0.3) is 0 Å². The minimum atomic E-state index is -0.483. The topological polar surface area (TPSA) is 38.8 Å². The number of hydrogen-bond acceptors (Lipinski definition) is 4. The second-order valence-electron chi connectivity index (χ2n) is 4.92. The van der Waals surface area contributed by atoms with Gasteiger partial charge in [0.15, 0.2) is 6.10 Å². The molecular formula is C15H20FNO3. The van der Waals surface area contributed by atoms with Crippen molar-refractivity contribution in [3.8, 4) is 0 Å². The molecule has 0 amide bonds. The molecule has 1 saturated heterocycles. The number of rotatable bonds is 5. The van der Waals surface area contributed by atoms with E-state index in [2.05, 4.69) is 4.90 Å². The van der Waals surface area contributed by atoms with Crippen molar-refractivity contribution in [1.82, 2.24) is 4.90 Å². The highest BCUT2D eigenvalue weighted by molar-refractivity contribution is 5.74. The van der Waals surface area contributed by atoms with Gasteiger partial charge in [0.1, 0.15) is 5.82 Å². The molecule has 1 aliphatic rings. The van der Waals surface area contributed by atoms with Crippen LogP contribution < -0.4 is 0 Å². The monoisotopic (exact) mass is 281 g/mol. The molecule has 0 N–H and O–H groups in total. The van der Waals surface area contributed by atoms with E-state index in [1.807, 2.05) is 6.07 Å². The molecule has 1 aromatic rings. The minimum Gasteiger partial charge on any atom is -0.467 e. The summed E-state index contributed by atoms with van der Waals surface area (Å²) in [6.07, 6.45) is 1.28. The van der Waals surface area contributed by atoms with E-state index in [0.717, 1.165) is 31.5 Å². The van der Waals surface area contributed by atoms with Gasteiger partial charge in [-0.2, -0.15) is 0 Å². The first-order valence-corrected chi connectivity index (χ1v) is 6.85. The quantitative estimate of drug-likeness (QED) is 0.769. The Bertz CT molecular complexity index is 452. The fourth-order valence-electron chi connectivity index (χ4n) is 2.38. The Morgan fingerprint density at radius 3 is 3.15 bits per heavy atom. The number of esters is 1. The number of hydrogen-bond donors (Lipinski definition) is 0. The van der Waals surface area contributed by atoms with Gasteiger partial charge in [0.25, 0.3) is 0 Å². The van der Waals surface area contributed by atoms with Crippen molar-refractivity contribution >= 4 is 5.97 Å². The molecule has 0 aromatic heterocycles. The zero-order chi connectivity index (χ0) is 14.4. The number of ether oxygens (including phenoxy) is 2. The summed E-state index contributed by atoms with van der Waals surface area (Å²) >= 11 is 0. The average molecular weight is 281 g/mol. The summed E-state index contributed by atoms with van der Waals surface area (Å²) in [4.78, 5) is 13.6. The van der Waals surface area contributed by atoms with E-state index in [1.165, 1.54) is 13.2 Å². The van der Waals surface area contributed by atoms with Gasteiger partial charge in [-0.1, -0.05) is 12.1 Å². The SMILES string of the molecule is COC(=O)[C@H]1CN(CCCc2cccc(F)c2)CCO1. The van der Waals surface area contributed by atoms with Crippen LogP contribution in [0.2, 0.25) is 0 Å². The fraction of sp³-hybridized carbons (Fsp3) is 0.533. The minimum absolute atomic E-state index is 0.195. The second-order valence-corrected chi connectivity index (χ2v) is 4.92. The normalized spacial score (nSPS) is 19.8. The van der Waals surface area contributed by atoms with E-state index >= 15 is 0 Å². The molecule has 0 spiro atoms. The third-order valence-corrected chi connectivity index (χ3v) is 3.44. The first-order chi connectivity index (χ1) is 9.69. The van der Waals surface area contributed by atoms with Crippen LogP contribution in [0.15, 0.2) is 24.3 Å². The maximum absolute atomic E-state index is 13.0. The predicted octanol–water partition coefficient (Wildman–Crippen LogP) is 1.63. The van der Waals surface area contributed by atoms with Crippen LogP contribution in [0.4, 0.5) is 4.39 Å². The highest BCUT2D eigenvalue weighted by atomic mass is 19.1. The van der Waals surface area contributed by atoms with Crippen LogP contribution in [0, 0.1) is 5.82 Å². The number of halogens is 1. The summed E-state index contributed by atoms with van der Waals surface area (Å²) in [5.74, 6) is -0.514. The average Bonchev–Trinajstić information content (AvgIpc) is 2.47. The summed E-state index contributed by atoms with van der Waals surface area (Å²) < 4.78 is 23.1. The van der Waals surface area contributed by atoms with Crippen LogP contribution in [-0.2, 0) is 20.7 Å². The molecule has 0 aliphatic carbocycles. The van der Waals surface area contributed by atoms with Crippen LogP contribution in [0.5, 0.6) is 0 Å². The van der Waals surface area contributed by atoms with Gasteiger partial charge in [-0.05, 0) is 37.1 Å². The van der Waals surface area contributed by atoms with Gasteiger partial charge in [-0.3, -0.25) is 4.90 Å². The van der Waals surface area contributed by atoms with Gasteiger partial charge >= 0.3 is 5.97 Å². The van der Waals surface area contributed by atoms with Crippen LogP contribution in [-0.4, -0.2) is 50.3 Å². The van der Waals surface area contributed by atoms with Gasteiger partial charge in [0.05, 0.1) is 13.7 Å². The number of aryl methyl sites for hydroxylation is 1. The molecule has 4 nitrogen and oxygen atoms in total. The molecule has 1 aromatic carbocycles. The number of nitrogens with zero attached hydrogens (tertiary/aromatic N) is 1. The van der Waals surface area contributed by atoms with Crippen molar-refractivity contribution in [3.05, 3.63) is 35.6 Å². The van der Waals surface area contributed by atoms with Crippen molar-refractivity contribution in [1.29, 1.82) is 0 Å². The maximum atomic E-state index is 13.0. The van der Waals surface area contributed by atoms with Crippen molar-refractivity contribution in [2.45, 2.75) is 18.9 Å². The lowest BCUT2D eigenvalue weighted by Gasteiger charge is -2.31. The summed E-state index contributed by atoms with van der Waals surface area (Å²) in [7, 11) is 1.37. The molecule has 2 rings (SSSR count). The van der Waals surface area contributed by atoms with Gasteiger partial charge < -0.3 is 9.47 Å². The highest BCUT2D eigenvalue weighted by Crippen LogP contribution is 2.10. The maximum Gasteiger partial charge on any atom is 0.336 e. The van der Waals surface area contributed by atoms with Crippen LogP contribution in [0.1, 0.15) is 12.0 Å². The molecular weight excluding hydrogens is 261 g/mol. The first-order valence-electron chi connectivity index (χ1n) is 6.85. The third-order valence-electron chi connectivity index (χ3n) is 3.44. The highest BCUT2D eigenvalue weighted by Gasteiger charge is 2.26. The Morgan fingerprint density at radius 1 is 1.55 bits per heavy atom. The Kier molecular flexibility index (Phi) is 5.49. The van der Waals surface area contributed by atoms with E-state index < -0.39 is 6.10 Å². The molecule has 1 aliphatic heterocycles. The molecule has 0 saturated carbocycles. The fourth-order valence-corrected chi connectivity index (χ4v) is 2.38. The van der Waals surface area contributed by atoms with Gasteiger partial charge in [-0.15, -0.1) is 0 Å². The number of carbonyl (C=O) groups is 1. The zero-order valence-corrected chi connectivity index (χ0v) is 11.7. The largest absolute Gasteiger partial charge is 0.467 e. The number of benzene rings is 1. The summed E-state index contributed by atoms with van der Waals surface area (Å²) in [5, 5.41) is 0.